The first-order valence-corrected chi connectivity index (χ1v) is 7.78. The number of carbonyl (C=O) groups excluding carboxylic acids is 1. The third-order valence-corrected chi connectivity index (χ3v) is 3.94. The first-order valence-electron chi connectivity index (χ1n) is 6.90. The number of anilines is 1. The topological polar surface area (TPSA) is 54.0 Å². The highest BCUT2D eigenvalue weighted by molar-refractivity contribution is 7.14. The summed E-state index contributed by atoms with van der Waals surface area (Å²) in [7, 11) is 1.75. The van der Waals surface area contributed by atoms with Crippen molar-refractivity contribution in [2.75, 3.05) is 18.9 Å². The van der Waals surface area contributed by atoms with Crippen molar-refractivity contribution < 1.29 is 18.0 Å². The lowest BCUT2D eigenvalue weighted by Crippen LogP contribution is -2.28. The number of aromatic nitrogens is 1. The highest BCUT2D eigenvalue weighted by Crippen LogP contribution is 2.33. The molecule has 1 heterocycles. The van der Waals surface area contributed by atoms with Crippen molar-refractivity contribution >= 4 is 34.8 Å². The van der Waals surface area contributed by atoms with Gasteiger partial charge >= 0.3 is 6.18 Å². The molecule has 4 nitrogen and oxygen atoms in total. The molecule has 1 aromatic heterocycles. The second kappa shape index (κ2) is 8.46. The third kappa shape index (κ3) is 5.19. The van der Waals surface area contributed by atoms with Crippen LogP contribution in [0.1, 0.15) is 12.5 Å². The van der Waals surface area contributed by atoms with E-state index in [4.69, 9.17) is 0 Å². The molecule has 2 rings (SSSR count). The molecule has 1 amide bonds. The zero-order valence-corrected chi connectivity index (χ0v) is 14.6. The maximum Gasteiger partial charge on any atom is 0.416 e. The number of halogens is 4. The number of hydrogen-bond donors (Lipinski definition) is 2. The molecule has 0 aliphatic carbocycles. The smallest absolute Gasteiger partial charge is 0.319 e. The second-order valence-corrected chi connectivity index (χ2v) is 5.92. The molecule has 0 radical (unpaired) electrons. The Kier molecular flexibility index (Phi) is 7.19. The molecule has 2 N–H and O–H groups in total. The van der Waals surface area contributed by atoms with E-state index in [1.54, 1.807) is 25.4 Å². The Morgan fingerprint density at radius 1 is 1.38 bits per heavy atom. The van der Waals surface area contributed by atoms with Crippen LogP contribution in [-0.4, -0.2) is 24.5 Å². The van der Waals surface area contributed by atoms with Gasteiger partial charge in [0.15, 0.2) is 5.13 Å². The summed E-state index contributed by atoms with van der Waals surface area (Å²) < 4.78 is 38.2. The number of nitrogens with one attached hydrogen (secondary N) is 2. The molecule has 1 atom stereocenters. The number of carbonyl (C=O) groups is 1. The fraction of sp³-hybridized carbons (Fsp3) is 0.333. The van der Waals surface area contributed by atoms with E-state index >= 15 is 0 Å². The van der Waals surface area contributed by atoms with Crippen LogP contribution in [0.5, 0.6) is 0 Å². The van der Waals surface area contributed by atoms with Crippen LogP contribution in [0.15, 0.2) is 29.6 Å². The Labute approximate surface area is 147 Å². The van der Waals surface area contributed by atoms with Crippen LogP contribution in [0, 0.1) is 5.92 Å². The molecular formula is C15H17ClF3N3OS. The van der Waals surface area contributed by atoms with Gasteiger partial charge in [-0.05, 0) is 19.2 Å². The molecule has 2 aromatic rings. The minimum atomic E-state index is -4.40. The SMILES string of the molecule is CNCC(C)C(=O)Nc1nc(-c2cccc(C(F)(F)F)c2)cs1.Cl. The lowest BCUT2D eigenvalue weighted by molar-refractivity contribution is -0.137. The van der Waals surface area contributed by atoms with Gasteiger partial charge in [-0.1, -0.05) is 19.1 Å². The lowest BCUT2D eigenvalue weighted by Gasteiger charge is -2.09. The summed E-state index contributed by atoms with van der Waals surface area (Å²) in [5, 5.41) is 7.55. The fourth-order valence-electron chi connectivity index (χ4n) is 1.95. The van der Waals surface area contributed by atoms with Crippen LogP contribution < -0.4 is 10.6 Å². The highest BCUT2D eigenvalue weighted by atomic mass is 35.5. The Balaban J connectivity index is 0.00000288. The summed E-state index contributed by atoms with van der Waals surface area (Å²) in [5.74, 6) is -0.426. The van der Waals surface area contributed by atoms with Gasteiger partial charge in [0, 0.05) is 23.4 Å². The van der Waals surface area contributed by atoms with Crippen LogP contribution in [0.3, 0.4) is 0 Å². The van der Waals surface area contributed by atoms with Crippen LogP contribution >= 0.6 is 23.7 Å². The van der Waals surface area contributed by atoms with Crippen LogP contribution in [0.4, 0.5) is 18.3 Å². The largest absolute Gasteiger partial charge is 0.416 e. The molecule has 0 fully saturated rings. The number of alkyl halides is 3. The van der Waals surface area contributed by atoms with Crippen molar-refractivity contribution in [1.82, 2.24) is 10.3 Å². The van der Waals surface area contributed by atoms with E-state index < -0.39 is 11.7 Å². The lowest BCUT2D eigenvalue weighted by atomic mass is 10.1. The Hall–Kier alpha value is -1.64. The summed E-state index contributed by atoms with van der Waals surface area (Å²) >= 11 is 1.18. The van der Waals surface area contributed by atoms with Crippen LogP contribution in [-0.2, 0) is 11.0 Å². The molecule has 0 aliphatic heterocycles. The average Bonchev–Trinajstić information content (AvgIpc) is 2.95. The predicted octanol–water partition coefficient (Wildman–Crippen LogP) is 4.04. The molecule has 0 aliphatic rings. The molecule has 132 valence electrons. The molecule has 0 bridgehead atoms. The van der Waals surface area contributed by atoms with E-state index in [2.05, 4.69) is 15.6 Å². The van der Waals surface area contributed by atoms with Crippen molar-refractivity contribution in [1.29, 1.82) is 0 Å². The van der Waals surface area contributed by atoms with Crippen molar-refractivity contribution in [2.24, 2.45) is 5.92 Å². The average molecular weight is 380 g/mol. The van der Waals surface area contributed by atoms with Gasteiger partial charge in [0.05, 0.1) is 11.3 Å². The van der Waals surface area contributed by atoms with Gasteiger partial charge in [0.2, 0.25) is 5.91 Å². The normalized spacial score (nSPS) is 12.4. The monoisotopic (exact) mass is 379 g/mol. The van der Waals surface area contributed by atoms with Gasteiger partial charge < -0.3 is 10.6 Å². The number of hydrogen-bond acceptors (Lipinski definition) is 4. The molecule has 1 aromatic carbocycles. The summed E-state index contributed by atoms with van der Waals surface area (Å²) in [6.07, 6.45) is -4.40. The maximum absolute atomic E-state index is 12.7. The van der Waals surface area contributed by atoms with E-state index in [9.17, 15) is 18.0 Å². The van der Waals surface area contributed by atoms with Crippen LogP contribution in [0.2, 0.25) is 0 Å². The van der Waals surface area contributed by atoms with Crippen molar-refractivity contribution in [3.8, 4) is 11.3 Å². The van der Waals surface area contributed by atoms with E-state index in [1.807, 2.05) is 0 Å². The Bertz CT molecular complexity index is 691. The van der Waals surface area contributed by atoms with E-state index in [0.29, 0.717) is 22.9 Å². The minimum absolute atomic E-state index is 0. The molecule has 0 saturated carbocycles. The quantitative estimate of drug-likeness (QED) is 0.824. The van der Waals surface area contributed by atoms with Gasteiger partial charge in [0.25, 0.3) is 0 Å². The van der Waals surface area contributed by atoms with E-state index in [-0.39, 0.29) is 24.2 Å². The number of rotatable bonds is 5. The predicted molar refractivity (Wildman–Crippen MR) is 91.5 cm³/mol. The third-order valence-electron chi connectivity index (χ3n) is 3.18. The number of thiazole rings is 1. The van der Waals surface area contributed by atoms with Gasteiger partial charge in [-0.15, -0.1) is 23.7 Å². The van der Waals surface area contributed by atoms with Crippen molar-refractivity contribution in [3.05, 3.63) is 35.2 Å². The van der Waals surface area contributed by atoms with E-state index in [0.717, 1.165) is 12.1 Å². The molecular weight excluding hydrogens is 363 g/mol. The van der Waals surface area contributed by atoms with Crippen LogP contribution in [0.25, 0.3) is 11.3 Å². The summed E-state index contributed by atoms with van der Waals surface area (Å²) in [6, 6.07) is 4.95. The summed E-state index contributed by atoms with van der Waals surface area (Å²) in [4.78, 5) is 16.1. The standard InChI is InChI=1S/C15H16F3N3OS.ClH/c1-9(7-19-2)13(22)21-14-20-12(8-23-14)10-4-3-5-11(6-10)15(16,17)18;/h3-6,8-9,19H,7H2,1-2H3,(H,20,21,22);1H. The fourth-order valence-corrected chi connectivity index (χ4v) is 2.67. The zero-order valence-electron chi connectivity index (χ0n) is 13.0. The molecule has 9 heteroatoms. The zero-order chi connectivity index (χ0) is 17.0. The number of amides is 1. The second-order valence-electron chi connectivity index (χ2n) is 5.06. The first kappa shape index (κ1) is 20.4. The molecule has 0 saturated heterocycles. The summed E-state index contributed by atoms with van der Waals surface area (Å²) in [6.45, 7) is 2.30. The number of benzene rings is 1. The molecule has 1 unspecified atom stereocenters. The Morgan fingerprint density at radius 3 is 2.71 bits per heavy atom. The maximum atomic E-state index is 12.7. The molecule has 24 heavy (non-hydrogen) atoms. The van der Waals surface area contributed by atoms with Crippen molar-refractivity contribution in [3.63, 3.8) is 0 Å². The Morgan fingerprint density at radius 2 is 2.08 bits per heavy atom. The summed E-state index contributed by atoms with van der Waals surface area (Å²) in [5.41, 5.74) is 0.0359. The van der Waals surface area contributed by atoms with E-state index in [1.165, 1.54) is 17.4 Å². The minimum Gasteiger partial charge on any atom is -0.319 e. The molecule has 0 spiro atoms. The first-order chi connectivity index (χ1) is 10.8. The number of nitrogens with zero attached hydrogens (tertiary/aromatic N) is 1. The van der Waals surface area contributed by atoms with Crippen molar-refractivity contribution in [2.45, 2.75) is 13.1 Å². The van der Waals surface area contributed by atoms with Gasteiger partial charge in [-0.2, -0.15) is 13.2 Å². The van der Waals surface area contributed by atoms with Gasteiger partial charge in [-0.3, -0.25) is 4.79 Å². The highest BCUT2D eigenvalue weighted by Gasteiger charge is 2.30. The van der Waals surface area contributed by atoms with Gasteiger partial charge in [-0.25, -0.2) is 4.98 Å². The van der Waals surface area contributed by atoms with Gasteiger partial charge in [0.1, 0.15) is 0 Å².